The summed E-state index contributed by atoms with van der Waals surface area (Å²) in [5, 5.41) is 0. The summed E-state index contributed by atoms with van der Waals surface area (Å²) in [6, 6.07) is 0. The Kier molecular flexibility index (Phi) is 2.60. The molecule has 6 heteroatoms. The van der Waals surface area contributed by atoms with Crippen molar-refractivity contribution in [2.45, 2.75) is 6.43 Å². The standard InChI is InChI=1S/C7H7F3N2O/c1-13-3-2-12-7(11)4(5(3)8)6(9)10/h2,6H,1H3,(H2,11,12). The van der Waals surface area contributed by atoms with Gasteiger partial charge < -0.3 is 10.5 Å². The molecule has 1 aromatic heterocycles. The molecule has 0 aliphatic carbocycles. The summed E-state index contributed by atoms with van der Waals surface area (Å²) in [6.07, 6.45) is -2.04. The molecule has 0 saturated carbocycles. The fourth-order valence-electron chi connectivity index (χ4n) is 0.849. The van der Waals surface area contributed by atoms with Gasteiger partial charge >= 0.3 is 0 Å². The lowest BCUT2D eigenvalue weighted by Gasteiger charge is -2.07. The Morgan fingerprint density at radius 2 is 2.15 bits per heavy atom. The van der Waals surface area contributed by atoms with Crippen molar-refractivity contribution < 1.29 is 17.9 Å². The van der Waals surface area contributed by atoms with Crippen molar-refractivity contribution in [3.05, 3.63) is 17.6 Å². The second kappa shape index (κ2) is 3.51. The average molecular weight is 192 g/mol. The van der Waals surface area contributed by atoms with Crippen molar-refractivity contribution in [1.29, 1.82) is 0 Å². The number of pyridine rings is 1. The van der Waals surface area contributed by atoms with E-state index in [0.717, 1.165) is 13.3 Å². The Morgan fingerprint density at radius 1 is 1.54 bits per heavy atom. The number of hydrogen-bond donors (Lipinski definition) is 1. The first-order valence-electron chi connectivity index (χ1n) is 3.34. The van der Waals surface area contributed by atoms with Crippen LogP contribution >= 0.6 is 0 Å². The van der Waals surface area contributed by atoms with Crippen molar-refractivity contribution in [2.24, 2.45) is 0 Å². The summed E-state index contributed by atoms with van der Waals surface area (Å²) < 4.78 is 41.9. The van der Waals surface area contributed by atoms with E-state index in [4.69, 9.17) is 5.73 Å². The smallest absolute Gasteiger partial charge is 0.270 e. The highest BCUT2D eigenvalue weighted by Crippen LogP contribution is 2.30. The first kappa shape index (κ1) is 9.63. The quantitative estimate of drug-likeness (QED) is 0.776. The minimum atomic E-state index is -3.00. The topological polar surface area (TPSA) is 48.1 Å². The Bertz CT molecular complexity index is 317. The molecule has 3 nitrogen and oxygen atoms in total. The van der Waals surface area contributed by atoms with Gasteiger partial charge in [0.1, 0.15) is 5.82 Å². The molecule has 0 radical (unpaired) electrons. The second-order valence-electron chi connectivity index (χ2n) is 2.24. The van der Waals surface area contributed by atoms with Crippen LogP contribution in [-0.4, -0.2) is 12.1 Å². The predicted molar refractivity (Wildman–Crippen MR) is 40.1 cm³/mol. The first-order chi connectivity index (χ1) is 6.07. The van der Waals surface area contributed by atoms with Crippen molar-refractivity contribution in [1.82, 2.24) is 4.98 Å². The molecule has 0 aliphatic heterocycles. The molecule has 0 spiro atoms. The maximum atomic E-state index is 13.1. The van der Waals surface area contributed by atoms with Crippen molar-refractivity contribution in [3.63, 3.8) is 0 Å². The second-order valence-corrected chi connectivity index (χ2v) is 2.24. The molecule has 0 aliphatic rings. The molecule has 0 fully saturated rings. The number of alkyl halides is 2. The molecule has 0 aromatic carbocycles. The molecule has 1 heterocycles. The van der Waals surface area contributed by atoms with E-state index < -0.39 is 23.6 Å². The zero-order valence-electron chi connectivity index (χ0n) is 6.72. The molecule has 1 rings (SSSR count). The summed E-state index contributed by atoms with van der Waals surface area (Å²) in [4.78, 5) is 3.36. The Hall–Kier alpha value is -1.46. The van der Waals surface area contributed by atoms with E-state index in [9.17, 15) is 13.2 Å². The maximum absolute atomic E-state index is 13.1. The third kappa shape index (κ3) is 1.66. The number of ether oxygens (including phenoxy) is 1. The van der Waals surface area contributed by atoms with Gasteiger partial charge in [0.05, 0.1) is 18.9 Å². The number of rotatable bonds is 2. The van der Waals surface area contributed by atoms with Gasteiger partial charge in [-0.15, -0.1) is 0 Å². The highest BCUT2D eigenvalue weighted by molar-refractivity contribution is 5.45. The van der Waals surface area contributed by atoms with Gasteiger partial charge in [0, 0.05) is 0 Å². The van der Waals surface area contributed by atoms with Crippen LogP contribution < -0.4 is 10.5 Å². The van der Waals surface area contributed by atoms with Crippen LogP contribution in [-0.2, 0) is 0 Å². The van der Waals surface area contributed by atoms with Crippen LogP contribution in [0.5, 0.6) is 5.75 Å². The molecule has 0 bridgehead atoms. The average Bonchev–Trinajstić information content (AvgIpc) is 2.04. The van der Waals surface area contributed by atoms with Gasteiger partial charge in [-0.1, -0.05) is 0 Å². The molecule has 72 valence electrons. The monoisotopic (exact) mass is 192 g/mol. The van der Waals surface area contributed by atoms with Crippen molar-refractivity contribution >= 4 is 5.82 Å². The number of halogens is 3. The van der Waals surface area contributed by atoms with Gasteiger partial charge in [0.2, 0.25) is 0 Å². The fraction of sp³-hybridized carbons (Fsp3) is 0.286. The molecule has 2 N–H and O–H groups in total. The first-order valence-corrected chi connectivity index (χ1v) is 3.34. The van der Waals surface area contributed by atoms with Gasteiger partial charge in [-0.25, -0.2) is 18.2 Å². The number of aromatic nitrogens is 1. The van der Waals surface area contributed by atoms with Crippen molar-refractivity contribution in [3.8, 4) is 5.75 Å². The minimum absolute atomic E-state index is 0.343. The zero-order valence-corrected chi connectivity index (χ0v) is 6.72. The molecule has 13 heavy (non-hydrogen) atoms. The predicted octanol–water partition coefficient (Wildman–Crippen LogP) is 1.75. The summed E-state index contributed by atoms with van der Waals surface area (Å²) in [5.74, 6) is -2.03. The number of hydrogen-bond acceptors (Lipinski definition) is 3. The largest absolute Gasteiger partial charge is 0.492 e. The minimum Gasteiger partial charge on any atom is -0.492 e. The summed E-state index contributed by atoms with van der Waals surface area (Å²) >= 11 is 0. The lowest BCUT2D eigenvalue weighted by atomic mass is 10.2. The lowest BCUT2D eigenvalue weighted by molar-refractivity contribution is 0.145. The molecular weight excluding hydrogens is 185 g/mol. The van der Waals surface area contributed by atoms with Crippen LogP contribution in [0.1, 0.15) is 12.0 Å². The molecule has 0 atom stereocenters. The number of nitrogens with two attached hydrogens (primary N) is 1. The van der Waals surface area contributed by atoms with Crippen LogP contribution in [0.15, 0.2) is 6.20 Å². The van der Waals surface area contributed by atoms with E-state index in [2.05, 4.69) is 9.72 Å². The number of methoxy groups -OCH3 is 1. The van der Waals surface area contributed by atoms with Crippen LogP contribution in [0.3, 0.4) is 0 Å². The number of nitrogens with zero attached hydrogens (tertiary/aromatic N) is 1. The number of anilines is 1. The van der Waals surface area contributed by atoms with Gasteiger partial charge in [-0.05, 0) is 0 Å². The van der Waals surface area contributed by atoms with Crippen LogP contribution in [0.4, 0.5) is 19.0 Å². The van der Waals surface area contributed by atoms with E-state index in [-0.39, 0.29) is 5.75 Å². The summed E-state index contributed by atoms with van der Waals surface area (Å²) in [5.41, 5.74) is 4.14. The summed E-state index contributed by atoms with van der Waals surface area (Å²) in [6.45, 7) is 0. The molecular formula is C7H7F3N2O. The van der Waals surface area contributed by atoms with E-state index in [1.165, 1.54) is 0 Å². The van der Waals surface area contributed by atoms with E-state index in [1.807, 2.05) is 0 Å². The lowest BCUT2D eigenvalue weighted by Crippen LogP contribution is -2.03. The zero-order chi connectivity index (χ0) is 10.0. The van der Waals surface area contributed by atoms with Gasteiger partial charge in [-0.3, -0.25) is 0 Å². The highest BCUT2D eigenvalue weighted by atomic mass is 19.3. The van der Waals surface area contributed by atoms with E-state index in [0.29, 0.717) is 0 Å². The highest BCUT2D eigenvalue weighted by Gasteiger charge is 2.21. The Morgan fingerprint density at radius 3 is 2.62 bits per heavy atom. The Balaban J connectivity index is 3.30. The normalized spacial score (nSPS) is 10.5. The van der Waals surface area contributed by atoms with Gasteiger partial charge in [-0.2, -0.15) is 0 Å². The third-order valence-electron chi connectivity index (χ3n) is 1.49. The SMILES string of the molecule is COc1cnc(N)c(C(F)F)c1F. The van der Waals surface area contributed by atoms with Gasteiger partial charge in [0.15, 0.2) is 11.6 Å². The molecule has 0 unspecified atom stereocenters. The maximum Gasteiger partial charge on any atom is 0.270 e. The van der Waals surface area contributed by atoms with E-state index >= 15 is 0 Å². The van der Waals surface area contributed by atoms with Crippen molar-refractivity contribution in [2.75, 3.05) is 12.8 Å². The van der Waals surface area contributed by atoms with E-state index in [1.54, 1.807) is 0 Å². The summed E-state index contributed by atoms with van der Waals surface area (Å²) in [7, 11) is 1.16. The van der Waals surface area contributed by atoms with Crippen LogP contribution in [0, 0.1) is 5.82 Å². The molecule has 0 amide bonds. The molecule has 0 saturated heterocycles. The number of nitrogen functional groups attached to an aromatic ring is 1. The third-order valence-corrected chi connectivity index (χ3v) is 1.49. The molecule has 1 aromatic rings. The Labute approximate surface area is 72.3 Å². The van der Waals surface area contributed by atoms with Crippen LogP contribution in [0.2, 0.25) is 0 Å². The van der Waals surface area contributed by atoms with Gasteiger partial charge in [0.25, 0.3) is 6.43 Å². The van der Waals surface area contributed by atoms with Crippen LogP contribution in [0.25, 0.3) is 0 Å². The fourth-order valence-corrected chi connectivity index (χ4v) is 0.849.